The lowest BCUT2D eigenvalue weighted by atomic mass is 10.1. The zero-order valence-electron chi connectivity index (χ0n) is 13.8. The Labute approximate surface area is 141 Å². The van der Waals surface area contributed by atoms with Gasteiger partial charge in [0.2, 0.25) is 0 Å². The van der Waals surface area contributed by atoms with E-state index in [1.54, 1.807) is 48.7 Å². The second-order valence-corrected chi connectivity index (χ2v) is 5.15. The van der Waals surface area contributed by atoms with E-state index >= 15 is 0 Å². The van der Waals surface area contributed by atoms with E-state index in [4.69, 9.17) is 4.74 Å². The molecule has 2 aromatic rings. The van der Waals surface area contributed by atoms with E-state index < -0.39 is 0 Å². The molecule has 24 heavy (non-hydrogen) atoms. The zero-order valence-corrected chi connectivity index (χ0v) is 13.8. The summed E-state index contributed by atoms with van der Waals surface area (Å²) in [5.74, 6) is 0.0708. The maximum atomic E-state index is 12.8. The van der Waals surface area contributed by atoms with Crippen molar-refractivity contribution in [3.8, 4) is 5.75 Å². The van der Waals surface area contributed by atoms with Gasteiger partial charge in [-0.1, -0.05) is 12.1 Å². The van der Waals surface area contributed by atoms with Gasteiger partial charge in [-0.05, 0) is 29.8 Å². The smallest absolute Gasteiger partial charge is 0.307 e. The van der Waals surface area contributed by atoms with Crippen LogP contribution in [0.25, 0.3) is 0 Å². The van der Waals surface area contributed by atoms with Gasteiger partial charge in [0, 0.05) is 31.0 Å². The van der Waals surface area contributed by atoms with Gasteiger partial charge in [0.1, 0.15) is 5.75 Å². The number of amides is 1. The Morgan fingerprint density at radius 1 is 1.17 bits per heavy atom. The maximum absolute atomic E-state index is 12.8. The van der Waals surface area contributed by atoms with Gasteiger partial charge in [-0.15, -0.1) is 0 Å². The second kappa shape index (κ2) is 8.67. The quantitative estimate of drug-likeness (QED) is 0.730. The summed E-state index contributed by atoms with van der Waals surface area (Å²) in [5, 5.41) is 0. The van der Waals surface area contributed by atoms with Gasteiger partial charge >= 0.3 is 5.97 Å². The predicted molar refractivity (Wildman–Crippen MR) is 88.6 cm³/mol. The van der Waals surface area contributed by atoms with Crippen LogP contribution >= 0.6 is 0 Å². The van der Waals surface area contributed by atoms with Crippen LogP contribution in [0, 0.1) is 0 Å². The highest BCUT2D eigenvalue weighted by molar-refractivity contribution is 5.94. The topological polar surface area (TPSA) is 68.7 Å². The number of benzene rings is 1. The monoisotopic (exact) mass is 328 g/mol. The lowest BCUT2D eigenvalue weighted by Gasteiger charge is -2.22. The van der Waals surface area contributed by atoms with E-state index in [2.05, 4.69) is 9.72 Å². The molecule has 0 aliphatic heterocycles. The summed E-state index contributed by atoms with van der Waals surface area (Å²) in [6.45, 7) is 0.624. The molecule has 0 atom stereocenters. The summed E-state index contributed by atoms with van der Waals surface area (Å²) in [7, 11) is 2.88. The van der Waals surface area contributed by atoms with Gasteiger partial charge in [0.15, 0.2) is 0 Å². The Morgan fingerprint density at radius 3 is 2.67 bits per heavy atom. The molecule has 6 heteroatoms. The van der Waals surface area contributed by atoms with Crippen molar-refractivity contribution in [2.75, 3.05) is 20.8 Å². The van der Waals surface area contributed by atoms with E-state index in [0.29, 0.717) is 17.9 Å². The third-order valence-electron chi connectivity index (χ3n) is 3.51. The Bertz CT molecular complexity index is 688. The molecule has 6 nitrogen and oxygen atoms in total. The van der Waals surface area contributed by atoms with Crippen molar-refractivity contribution in [3.63, 3.8) is 0 Å². The van der Waals surface area contributed by atoms with Crippen LogP contribution in [-0.2, 0) is 16.1 Å². The first-order valence-corrected chi connectivity index (χ1v) is 7.53. The number of esters is 1. The maximum Gasteiger partial charge on any atom is 0.307 e. The van der Waals surface area contributed by atoms with Crippen molar-refractivity contribution in [3.05, 3.63) is 59.9 Å². The highest BCUT2D eigenvalue weighted by Crippen LogP contribution is 2.16. The van der Waals surface area contributed by atoms with Gasteiger partial charge in [0.05, 0.1) is 20.6 Å². The molecule has 0 unspecified atom stereocenters. The number of ether oxygens (including phenoxy) is 2. The molecule has 1 aromatic carbocycles. The van der Waals surface area contributed by atoms with Crippen molar-refractivity contribution in [2.45, 2.75) is 13.0 Å². The Kier molecular flexibility index (Phi) is 6.31. The molecule has 1 heterocycles. The number of rotatable bonds is 7. The normalized spacial score (nSPS) is 10.1. The minimum absolute atomic E-state index is 0.131. The molecule has 0 fully saturated rings. The SMILES string of the molecule is COC(=O)CCN(Cc1cccnc1)C(=O)c1cccc(OC)c1. The van der Waals surface area contributed by atoms with Crippen LogP contribution in [-0.4, -0.2) is 42.5 Å². The highest BCUT2D eigenvalue weighted by Gasteiger charge is 2.18. The minimum atomic E-state index is -0.357. The summed E-state index contributed by atoms with van der Waals surface area (Å²) in [5.41, 5.74) is 1.39. The van der Waals surface area contributed by atoms with E-state index in [1.165, 1.54) is 7.11 Å². The second-order valence-electron chi connectivity index (χ2n) is 5.15. The number of hydrogen-bond donors (Lipinski definition) is 0. The Hall–Kier alpha value is -2.89. The Balaban J connectivity index is 2.19. The van der Waals surface area contributed by atoms with E-state index in [-0.39, 0.29) is 24.8 Å². The molecule has 0 saturated carbocycles. The molecule has 126 valence electrons. The van der Waals surface area contributed by atoms with Crippen molar-refractivity contribution >= 4 is 11.9 Å². The van der Waals surface area contributed by atoms with Crippen LogP contribution in [0.1, 0.15) is 22.3 Å². The predicted octanol–water partition coefficient (Wildman–Crippen LogP) is 2.30. The molecule has 2 rings (SSSR count). The van der Waals surface area contributed by atoms with Crippen LogP contribution in [0.3, 0.4) is 0 Å². The van der Waals surface area contributed by atoms with Gasteiger partial charge in [0.25, 0.3) is 5.91 Å². The van der Waals surface area contributed by atoms with Crippen molar-refractivity contribution in [1.82, 2.24) is 9.88 Å². The number of carbonyl (C=O) groups excluding carboxylic acids is 2. The number of pyridine rings is 1. The van der Waals surface area contributed by atoms with Crippen LogP contribution < -0.4 is 4.74 Å². The minimum Gasteiger partial charge on any atom is -0.497 e. The first kappa shape index (κ1) is 17.5. The zero-order chi connectivity index (χ0) is 17.4. The Morgan fingerprint density at radius 2 is 2.00 bits per heavy atom. The summed E-state index contributed by atoms with van der Waals surface area (Å²) in [6.07, 6.45) is 3.50. The molecular formula is C18H20N2O4. The van der Waals surface area contributed by atoms with Gasteiger partial charge < -0.3 is 14.4 Å². The first-order valence-electron chi connectivity index (χ1n) is 7.53. The highest BCUT2D eigenvalue weighted by atomic mass is 16.5. The molecule has 0 aliphatic rings. The number of carbonyl (C=O) groups is 2. The number of nitrogens with zero attached hydrogens (tertiary/aromatic N) is 2. The molecule has 1 aromatic heterocycles. The van der Waals surface area contributed by atoms with Gasteiger partial charge in [-0.2, -0.15) is 0 Å². The summed E-state index contributed by atoms with van der Waals surface area (Å²) < 4.78 is 9.83. The fourth-order valence-electron chi connectivity index (χ4n) is 2.23. The van der Waals surface area contributed by atoms with Crippen LogP contribution in [0.4, 0.5) is 0 Å². The standard InChI is InChI=1S/C18H20N2O4/c1-23-16-7-3-6-15(11-16)18(22)20(10-8-17(21)24-2)13-14-5-4-9-19-12-14/h3-7,9,11-12H,8,10,13H2,1-2H3. The van der Waals surface area contributed by atoms with E-state index in [9.17, 15) is 9.59 Å². The molecule has 0 radical (unpaired) electrons. The summed E-state index contributed by atoms with van der Waals surface area (Å²) in [6, 6.07) is 10.6. The fraction of sp³-hybridized carbons (Fsp3) is 0.278. The summed E-state index contributed by atoms with van der Waals surface area (Å²) >= 11 is 0. The van der Waals surface area contributed by atoms with Gasteiger partial charge in [-0.25, -0.2) is 0 Å². The molecule has 0 spiro atoms. The van der Waals surface area contributed by atoms with Gasteiger partial charge in [-0.3, -0.25) is 14.6 Å². The number of hydrogen-bond acceptors (Lipinski definition) is 5. The molecular weight excluding hydrogens is 308 g/mol. The van der Waals surface area contributed by atoms with E-state index in [0.717, 1.165) is 5.56 Å². The molecule has 1 amide bonds. The number of methoxy groups -OCH3 is 2. The van der Waals surface area contributed by atoms with Crippen LogP contribution in [0.5, 0.6) is 5.75 Å². The molecule has 0 aliphatic carbocycles. The molecule has 0 N–H and O–H groups in total. The van der Waals surface area contributed by atoms with Crippen molar-refractivity contribution in [2.24, 2.45) is 0 Å². The average molecular weight is 328 g/mol. The molecule has 0 bridgehead atoms. The van der Waals surface area contributed by atoms with Crippen LogP contribution in [0.15, 0.2) is 48.8 Å². The largest absolute Gasteiger partial charge is 0.497 e. The lowest BCUT2D eigenvalue weighted by Crippen LogP contribution is -2.32. The average Bonchev–Trinajstić information content (AvgIpc) is 2.65. The van der Waals surface area contributed by atoms with Crippen molar-refractivity contribution in [1.29, 1.82) is 0 Å². The molecule has 0 saturated heterocycles. The van der Waals surface area contributed by atoms with Crippen molar-refractivity contribution < 1.29 is 19.1 Å². The number of aromatic nitrogens is 1. The third kappa shape index (κ3) is 4.81. The van der Waals surface area contributed by atoms with Crippen LogP contribution in [0.2, 0.25) is 0 Å². The third-order valence-corrected chi connectivity index (χ3v) is 3.51. The fourth-order valence-corrected chi connectivity index (χ4v) is 2.23. The first-order chi connectivity index (χ1) is 11.6. The summed E-state index contributed by atoms with van der Waals surface area (Å²) in [4.78, 5) is 29.9. The van der Waals surface area contributed by atoms with E-state index in [1.807, 2.05) is 12.1 Å². The lowest BCUT2D eigenvalue weighted by molar-refractivity contribution is -0.140.